The summed E-state index contributed by atoms with van der Waals surface area (Å²) in [5, 5.41) is 3.58. The van der Waals surface area contributed by atoms with Crippen molar-refractivity contribution in [2.75, 3.05) is 5.32 Å². The number of hydrogen-bond acceptors (Lipinski definition) is 2. The molecule has 0 aliphatic rings. The molecule has 5 heteroatoms. The van der Waals surface area contributed by atoms with E-state index in [0.29, 0.717) is 15.7 Å². The summed E-state index contributed by atoms with van der Waals surface area (Å²) in [6.07, 6.45) is 0. The number of carbonyl (C=O) groups is 1. The lowest BCUT2D eigenvalue weighted by atomic mass is 10.2. The van der Waals surface area contributed by atoms with Gasteiger partial charge in [0.15, 0.2) is 0 Å². The maximum Gasteiger partial charge on any atom is 0.237 e. The molecule has 2 rings (SSSR count). The molecular weight excluding hydrogens is 325 g/mol. The summed E-state index contributed by atoms with van der Waals surface area (Å²) >= 11 is 13.5. The molecule has 1 N–H and O–H groups in total. The van der Waals surface area contributed by atoms with Crippen LogP contribution in [0.25, 0.3) is 0 Å². The maximum absolute atomic E-state index is 12.2. The van der Waals surface area contributed by atoms with Gasteiger partial charge in [-0.15, -0.1) is 11.8 Å². The molecule has 0 saturated carbocycles. The number of rotatable bonds is 4. The average Bonchev–Trinajstić information content (AvgIpc) is 2.45. The average molecular weight is 340 g/mol. The molecule has 21 heavy (non-hydrogen) atoms. The van der Waals surface area contributed by atoms with Gasteiger partial charge in [0.1, 0.15) is 0 Å². The summed E-state index contributed by atoms with van der Waals surface area (Å²) in [5.74, 6) is -0.107. The number of thioether (sulfide) groups is 1. The first kappa shape index (κ1) is 16.2. The Kier molecular flexibility index (Phi) is 5.57. The predicted octanol–water partition coefficient (Wildman–Crippen LogP) is 5.42. The van der Waals surface area contributed by atoms with Gasteiger partial charge in [-0.25, -0.2) is 0 Å². The highest BCUT2D eigenvalue weighted by Crippen LogP contribution is 2.28. The standard InChI is InChI=1S/C16H15Cl2NOS/c1-10-3-6-13(7-4-10)21-11(2)16(20)19-15-9-12(17)5-8-14(15)18/h3-9,11H,1-2H3,(H,19,20). The highest BCUT2D eigenvalue weighted by molar-refractivity contribution is 8.00. The van der Waals surface area contributed by atoms with E-state index in [1.807, 2.05) is 38.1 Å². The van der Waals surface area contributed by atoms with Crippen LogP contribution >= 0.6 is 35.0 Å². The van der Waals surface area contributed by atoms with Crippen molar-refractivity contribution < 1.29 is 4.79 Å². The normalized spacial score (nSPS) is 12.0. The second-order valence-corrected chi connectivity index (χ2v) is 6.94. The minimum absolute atomic E-state index is 0.107. The van der Waals surface area contributed by atoms with E-state index in [-0.39, 0.29) is 11.2 Å². The van der Waals surface area contributed by atoms with E-state index in [9.17, 15) is 4.79 Å². The van der Waals surface area contributed by atoms with Crippen LogP contribution in [0.4, 0.5) is 5.69 Å². The fraction of sp³-hybridized carbons (Fsp3) is 0.188. The molecule has 110 valence electrons. The fourth-order valence-electron chi connectivity index (χ4n) is 1.70. The third-order valence-corrected chi connectivity index (χ3v) is 4.57. The molecule has 2 aromatic carbocycles. The molecular formula is C16H15Cl2NOS. The Balaban J connectivity index is 2.02. The van der Waals surface area contributed by atoms with Crippen LogP contribution in [0.15, 0.2) is 47.4 Å². The van der Waals surface area contributed by atoms with E-state index < -0.39 is 0 Å². The summed E-state index contributed by atoms with van der Waals surface area (Å²) in [5.41, 5.74) is 1.73. The van der Waals surface area contributed by atoms with E-state index in [1.165, 1.54) is 17.3 Å². The molecule has 0 aliphatic heterocycles. The molecule has 0 heterocycles. The molecule has 0 saturated heterocycles. The summed E-state index contributed by atoms with van der Waals surface area (Å²) in [6.45, 7) is 3.89. The molecule has 0 spiro atoms. The van der Waals surface area contributed by atoms with Crippen LogP contribution in [-0.4, -0.2) is 11.2 Å². The third-order valence-electron chi connectivity index (χ3n) is 2.89. The lowest BCUT2D eigenvalue weighted by Crippen LogP contribution is -2.22. The zero-order chi connectivity index (χ0) is 15.4. The van der Waals surface area contributed by atoms with Crippen molar-refractivity contribution >= 4 is 46.6 Å². The van der Waals surface area contributed by atoms with Crippen LogP contribution in [-0.2, 0) is 4.79 Å². The first-order chi connectivity index (χ1) is 9.95. The van der Waals surface area contributed by atoms with E-state index in [4.69, 9.17) is 23.2 Å². The van der Waals surface area contributed by atoms with Gasteiger partial charge in [0.05, 0.1) is 16.0 Å². The Bertz CT molecular complexity index is 643. The third kappa shape index (κ3) is 4.67. The van der Waals surface area contributed by atoms with Crippen molar-refractivity contribution in [2.24, 2.45) is 0 Å². The molecule has 2 aromatic rings. The predicted molar refractivity (Wildman–Crippen MR) is 91.6 cm³/mol. The van der Waals surface area contributed by atoms with Gasteiger partial charge in [-0.2, -0.15) is 0 Å². The highest BCUT2D eigenvalue weighted by atomic mass is 35.5. The Morgan fingerprint density at radius 1 is 1.14 bits per heavy atom. The summed E-state index contributed by atoms with van der Waals surface area (Å²) in [4.78, 5) is 13.3. The first-order valence-corrected chi connectivity index (χ1v) is 8.08. The minimum atomic E-state index is -0.234. The lowest BCUT2D eigenvalue weighted by molar-refractivity contribution is -0.115. The van der Waals surface area contributed by atoms with E-state index in [0.717, 1.165) is 4.90 Å². The molecule has 0 fully saturated rings. The largest absolute Gasteiger partial charge is 0.324 e. The Hall–Kier alpha value is -1.16. The maximum atomic E-state index is 12.2. The van der Waals surface area contributed by atoms with Crippen molar-refractivity contribution in [1.29, 1.82) is 0 Å². The van der Waals surface area contributed by atoms with Gasteiger partial charge in [-0.3, -0.25) is 4.79 Å². The molecule has 0 radical (unpaired) electrons. The van der Waals surface area contributed by atoms with Crippen molar-refractivity contribution in [3.05, 3.63) is 58.1 Å². The monoisotopic (exact) mass is 339 g/mol. The quantitative estimate of drug-likeness (QED) is 0.753. The van der Waals surface area contributed by atoms with Crippen LogP contribution in [0.3, 0.4) is 0 Å². The molecule has 0 aliphatic carbocycles. The number of benzene rings is 2. The second-order valence-electron chi connectivity index (χ2n) is 4.69. The summed E-state index contributed by atoms with van der Waals surface area (Å²) in [6, 6.07) is 13.1. The number of amides is 1. The van der Waals surface area contributed by atoms with Crippen LogP contribution in [0, 0.1) is 6.92 Å². The molecule has 1 atom stereocenters. The number of aryl methyl sites for hydroxylation is 1. The Morgan fingerprint density at radius 2 is 1.81 bits per heavy atom. The molecule has 1 amide bonds. The number of anilines is 1. The summed E-state index contributed by atoms with van der Waals surface area (Å²) in [7, 11) is 0. The van der Waals surface area contributed by atoms with Gasteiger partial charge >= 0.3 is 0 Å². The first-order valence-electron chi connectivity index (χ1n) is 6.45. The lowest BCUT2D eigenvalue weighted by Gasteiger charge is -2.13. The zero-order valence-corrected chi connectivity index (χ0v) is 14.0. The van der Waals surface area contributed by atoms with Crippen LogP contribution in [0.1, 0.15) is 12.5 Å². The number of nitrogens with one attached hydrogen (secondary N) is 1. The van der Waals surface area contributed by atoms with E-state index >= 15 is 0 Å². The Morgan fingerprint density at radius 3 is 2.48 bits per heavy atom. The van der Waals surface area contributed by atoms with Crippen LogP contribution in [0.2, 0.25) is 10.0 Å². The number of halogens is 2. The van der Waals surface area contributed by atoms with E-state index in [1.54, 1.807) is 18.2 Å². The van der Waals surface area contributed by atoms with Crippen molar-refractivity contribution in [2.45, 2.75) is 24.0 Å². The molecule has 2 nitrogen and oxygen atoms in total. The SMILES string of the molecule is Cc1ccc(SC(C)C(=O)Nc2cc(Cl)ccc2Cl)cc1. The number of carbonyl (C=O) groups excluding carboxylic acids is 1. The van der Waals surface area contributed by atoms with Gasteiger partial charge in [-0.05, 0) is 44.2 Å². The van der Waals surface area contributed by atoms with Crippen molar-refractivity contribution in [3.63, 3.8) is 0 Å². The second kappa shape index (κ2) is 7.21. The van der Waals surface area contributed by atoms with Crippen molar-refractivity contribution in [1.82, 2.24) is 0 Å². The number of hydrogen-bond donors (Lipinski definition) is 1. The van der Waals surface area contributed by atoms with E-state index in [2.05, 4.69) is 5.32 Å². The molecule has 0 aromatic heterocycles. The molecule has 0 bridgehead atoms. The van der Waals surface area contributed by atoms with Gasteiger partial charge < -0.3 is 5.32 Å². The van der Waals surface area contributed by atoms with Crippen LogP contribution in [0.5, 0.6) is 0 Å². The zero-order valence-electron chi connectivity index (χ0n) is 11.7. The van der Waals surface area contributed by atoms with Crippen LogP contribution < -0.4 is 5.32 Å². The highest BCUT2D eigenvalue weighted by Gasteiger charge is 2.15. The minimum Gasteiger partial charge on any atom is -0.324 e. The summed E-state index contributed by atoms with van der Waals surface area (Å²) < 4.78 is 0. The fourth-order valence-corrected chi connectivity index (χ4v) is 2.91. The van der Waals surface area contributed by atoms with Gasteiger partial charge in [-0.1, -0.05) is 40.9 Å². The van der Waals surface area contributed by atoms with Gasteiger partial charge in [0, 0.05) is 9.92 Å². The van der Waals surface area contributed by atoms with Gasteiger partial charge in [0.2, 0.25) is 5.91 Å². The van der Waals surface area contributed by atoms with Gasteiger partial charge in [0.25, 0.3) is 0 Å². The van der Waals surface area contributed by atoms with Crippen molar-refractivity contribution in [3.8, 4) is 0 Å². The molecule has 1 unspecified atom stereocenters. The smallest absolute Gasteiger partial charge is 0.237 e. The topological polar surface area (TPSA) is 29.1 Å². The Labute approximate surface area is 138 Å².